The molecular weight excluding hydrogens is 260 g/mol. The molecule has 0 amide bonds. The van der Waals surface area contributed by atoms with Crippen LogP contribution in [0.1, 0.15) is 5.56 Å². The molecule has 0 aliphatic heterocycles. The summed E-state index contributed by atoms with van der Waals surface area (Å²) in [6, 6.07) is 1.60. The molecular formula is C10H15BrN2O2. The van der Waals surface area contributed by atoms with E-state index in [1.165, 1.54) is 0 Å². The smallest absolute Gasteiger partial charge is 0.250 e. The van der Waals surface area contributed by atoms with Gasteiger partial charge in [-0.05, 0) is 28.4 Å². The number of aromatic nitrogens is 1. The van der Waals surface area contributed by atoms with Gasteiger partial charge in [-0.3, -0.25) is 4.79 Å². The summed E-state index contributed by atoms with van der Waals surface area (Å²) in [5.74, 6) is 0. The molecule has 0 bridgehead atoms. The molecule has 0 radical (unpaired) electrons. The van der Waals surface area contributed by atoms with Gasteiger partial charge in [0.15, 0.2) is 0 Å². The largest absolute Gasteiger partial charge is 0.378 e. The summed E-state index contributed by atoms with van der Waals surface area (Å²) in [5.41, 5.74) is 6.22. The number of rotatable bonds is 5. The molecule has 5 heteroatoms. The highest BCUT2D eigenvalue weighted by atomic mass is 79.9. The van der Waals surface area contributed by atoms with Crippen LogP contribution >= 0.6 is 15.9 Å². The van der Waals surface area contributed by atoms with Crippen LogP contribution in [0.2, 0.25) is 0 Å². The van der Waals surface area contributed by atoms with E-state index in [4.69, 9.17) is 10.5 Å². The van der Waals surface area contributed by atoms with Gasteiger partial charge in [-0.1, -0.05) is 0 Å². The van der Waals surface area contributed by atoms with E-state index in [0.717, 1.165) is 10.0 Å². The molecule has 0 unspecified atom stereocenters. The molecule has 1 aromatic rings. The molecule has 0 atom stereocenters. The third-order valence-electron chi connectivity index (χ3n) is 2.01. The van der Waals surface area contributed by atoms with E-state index in [0.29, 0.717) is 26.3 Å². The van der Waals surface area contributed by atoms with Gasteiger partial charge in [0.1, 0.15) is 0 Å². The summed E-state index contributed by atoms with van der Waals surface area (Å²) < 4.78 is 7.76. The van der Waals surface area contributed by atoms with Gasteiger partial charge in [0, 0.05) is 29.8 Å². The van der Waals surface area contributed by atoms with Crippen molar-refractivity contribution in [1.29, 1.82) is 0 Å². The standard InChI is InChI=1S/C10H15BrN2O2/c1-8-6-10(14)13(7-9(8)11)3-5-15-4-2-12/h6-7H,2-5,12H2,1H3. The van der Waals surface area contributed by atoms with Crippen LogP contribution in [0, 0.1) is 6.92 Å². The van der Waals surface area contributed by atoms with Crippen LogP contribution in [-0.4, -0.2) is 24.3 Å². The highest BCUT2D eigenvalue weighted by molar-refractivity contribution is 9.10. The maximum Gasteiger partial charge on any atom is 0.250 e. The predicted molar refractivity (Wildman–Crippen MR) is 63.0 cm³/mol. The lowest BCUT2D eigenvalue weighted by Gasteiger charge is -2.07. The lowest BCUT2D eigenvalue weighted by Crippen LogP contribution is -2.22. The molecule has 1 heterocycles. The van der Waals surface area contributed by atoms with E-state index >= 15 is 0 Å². The Kier molecular flexibility index (Phi) is 5.01. The second kappa shape index (κ2) is 6.05. The van der Waals surface area contributed by atoms with E-state index in [2.05, 4.69) is 15.9 Å². The van der Waals surface area contributed by atoms with E-state index in [1.807, 2.05) is 6.92 Å². The minimum Gasteiger partial charge on any atom is -0.378 e. The molecule has 15 heavy (non-hydrogen) atoms. The fourth-order valence-corrected chi connectivity index (χ4v) is 1.52. The zero-order valence-electron chi connectivity index (χ0n) is 8.70. The summed E-state index contributed by atoms with van der Waals surface area (Å²) in [6.07, 6.45) is 1.78. The average molecular weight is 275 g/mol. The number of hydrogen-bond donors (Lipinski definition) is 1. The van der Waals surface area contributed by atoms with Gasteiger partial charge in [0.25, 0.3) is 5.56 Å². The Balaban J connectivity index is 2.61. The second-order valence-corrected chi connectivity index (χ2v) is 4.09. The third kappa shape index (κ3) is 3.77. The van der Waals surface area contributed by atoms with Crippen molar-refractivity contribution in [2.75, 3.05) is 19.8 Å². The van der Waals surface area contributed by atoms with Crippen LogP contribution in [0.5, 0.6) is 0 Å². The van der Waals surface area contributed by atoms with Gasteiger partial charge in [-0.15, -0.1) is 0 Å². The highest BCUT2D eigenvalue weighted by Crippen LogP contribution is 2.11. The number of nitrogens with zero attached hydrogens (tertiary/aromatic N) is 1. The Morgan fingerprint density at radius 2 is 2.27 bits per heavy atom. The number of nitrogens with two attached hydrogens (primary N) is 1. The van der Waals surface area contributed by atoms with Gasteiger partial charge < -0.3 is 15.0 Å². The van der Waals surface area contributed by atoms with Crippen molar-refractivity contribution >= 4 is 15.9 Å². The Morgan fingerprint density at radius 3 is 2.93 bits per heavy atom. The van der Waals surface area contributed by atoms with E-state index in [-0.39, 0.29) is 5.56 Å². The summed E-state index contributed by atoms with van der Waals surface area (Å²) in [4.78, 5) is 11.5. The minimum absolute atomic E-state index is 0.00736. The summed E-state index contributed by atoms with van der Waals surface area (Å²) in [6.45, 7) is 3.99. The van der Waals surface area contributed by atoms with Gasteiger partial charge in [0.2, 0.25) is 0 Å². The number of pyridine rings is 1. The Hall–Kier alpha value is -0.650. The highest BCUT2D eigenvalue weighted by Gasteiger charge is 2.00. The fraction of sp³-hybridized carbons (Fsp3) is 0.500. The molecule has 0 aliphatic carbocycles. The van der Waals surface area contributed by atoms with Crippen LogP contribution in [0.15, 0.2) is 21.5 Å². The Labute approximate surface area is 97.2 Å². The normalized spacial score (nSPS) is 10.6. The molecule has 4 nitrogen and oxygen atoms in total. The number of hydrogen-bond acceptors (Lipinski definition) is 3. The number of aryl methyl sites for hydroxylation is 1. The molecule has 0 spiro atoms. The van der Waals surface area contributed by atoms with Crippen molar-refractivity contribution in [3.63, 3.8) is 0 Å². The maximum absolute atomic E-state index is 11.5. The van der Waals surface area contributed by atoms with Crippen LogP contribution in [0.3, 0.4) is 0 Å². The predicted octanol–water partition coefficient (Wildman–Crippen LogP) is 0.895. The van der Waals surface area contributed by atoms with Crippen molar-refractivity contribution in [2.45, 2.75) is 13.5 Å². The first kappa shape index (κ1) is 12.4. The summed E-state index contributed by atoms with van der Waals surface area (Å²) in [5, 5.41) is 0. The molecule has 0 fully saturated rings. The molecule has 0 saturated heterocycles. The Morgan fingerprint density at radius 1 is 1.53 bits per heavy atom. The lowest BCUT2D eigenvalue weighted by atomic mass is 10.3. The molecule has 1 aromatic heterocycles. The van der Waals surface area contributed by atoms with E-state index < -0.39 is 0 Å². The summed E-state index contributed by atoms with van der Waals surface area (Å²) >= 11 is 3.38. The van der Waals surface area contributed by atoms with Gasteiger partial charge in [-0.2, -0.15) is 0 Å². The third-order valence-corrected chi connectivity index (χ3v) is 2.84. The molecule has 84 valence electrons. The number of halogens is 1. The van der Waals surface area contributed by atoms with Gasteiger partial charge in [0.05, 0.1) is 13.2 Å². The van der Waals surface area contributed by atoms with Crippen molar-refractivity contribution < 1.29 is 4.74 Å². The average Bonchev–Trinajstić information content (AvgIpc) is 2.20. The van der Waals surface area contributed by atoms with Gasteiger partial charge >= 0.3 is 0 Å². The lowest BCUT2D eigenvalue weighted by molar-refractivity contribution is 0.132. The molecule has 0 aromatic carbocycles. The van der Waals surface area contributed by atoms with Crippen molar-refractivity contribution in [3.05, 3.63) is 32.7 Å². The topological polar surface area (TPSA) is 57.2 Å². The molecule has 0 aliphatic rings. The monoisotopic (exact) mass is 274 g/mol. The van der Waals surface area contributed by atoms with Crippen LogP contribution in [0.25, 0.3) is 0 Å². The first-order chi connectivity index (χ1) is 7.15. The van der Waals surface area contributed by atoms with Gasteiger partial charge in [-0.25, -0.2) is 0 Å². The SMILES string of the molecule is Cc1cc(=O)n(CCOCCN)cc1Br. The van der Waals surface area contributed by atoms with E-state index in [9.17, 15) is 4.79 Å². The zero-order chi connectivity index (χ0) is 11.3. The maximum atomic E-state index is 11.5. The van der Waals surface area contributed by atoms with E-state index in [1.54, 1.807) is 16.8 Å². The minimum atomic E-state index is -0.00736. The van der Waals surface area contributed by atoms with Crippen molar-refractivity contribution in [1.82, 2.24) is 4.57 Å². The van der Waals surface area contributed by atoms with Crippen molar-refractivity contribution in [2.24, 2.45) is 5.73 Å². The first-order valence-electron chi connectivity index (χ1n) is 4.79. The van der Waals surface area contributed by atoms with Crippen LogP contribution < -0.4 is 11.3 Å². The van der Waals surface area contributed by atoms with Crippen molar-refractivity contribution in [3.8, 4) is 0 Å². The first-order valence-corrected chi connectivity index (χ1v) is 5.59. The quantitative estimate of drug-likeness (QED) is 0.812. The number of ether oxygens (including phenoxy) is 1. The molecule has 2 N–H and O–H groups in total. The molecule has 0 saturated carbocycles. The Bertz CT molecular complexity index is 376. The zero-order valence-corrected chi connectivity index (χ0v) is 10.3. The second-order valence-electron chi connectivity index (χ2n) is 3.24. The molecule has 1 rings (SSSR count). The summed E-state index contributed by atoms with van der Waals surface area (Å²) in [7, 11) is 0. The fourth-order valence-electron chi connectivity index (χ4n) is 1.16. The van der Waals surface area contributed by atoms with Crippen LogP contribution in [0.4, 0.5) is 0 Å². The van der Waals surface area contributed by atoms with Crippen LogP contribution in [-0.2, 0) is 11.3 Å².